The van der Waals surface area contributed by atoms with E-state index in [0.717, 1.165) is 6.54 Å². The van der Waals surface area contributed by atoms with Crippen molar-refractivity contribution in [1.29, 1.82) is 0 Å². The molecule has 1 atom stereocenters. The molecule has 0 aromatic rings. The van der Waals surface area contributed by atoms with E-state index in [-0.39, 0.29) is 11.9 Å². The molecule has 0 bridgehead atoms. The topological polar surface area (TPSA) is 41.5 Å². The standard InChI is InChI=1S/C6H10N2O.C2H6/c1-4-3-7-5(2)6(9)8-4;1-2/h4H,3H2,1-2H3,(H,8,9);1-2H3. The normalized spacial score (nSPS) is 22.7. The van der Waals surface area contributed by atoms with E-state index in [1.165, 1.54) is 0 Å². The van der Waals surface area contributed by atoms with Crippen molar-refractivity contribution in [2.75, 3.05) is 6.54 Å². The summed E-state index contributed by atoms with van der Waals surface area (Å²) in [5, 5.41) is 2.76. The van der Waals surface area contributed by atoms with Crippen molar-refractivity contribution in [1.82, 2.24) is 5.32 Å². The Morgan fingerprint density at radius 1 is 1.55 bits per heavy atom. The van der Waals surface area contributed by atoms with E-state index in [2.05, 4.69) is 10.3 Å². The number of amides is 1. The maximum absolute atomic E-state index is 10.8. The van der Waals surface area contributed by atoms with Crippen molar-refractivity contribution in [3.63, 3.8) is 0 Å². The quantitative estimate of drug-likeness (QED) is 0.558. The lowest BCUT2D eigenvalue weighted by molar-refractivity contribution is -0.115. The van der Waals surface area contributed by atoms with Crippen LogP contribution in [0, 0.1) is 0 Å². The first-order valence-electron chi connectivity index (χ1n) is 4.02. The Labute approximate surface area is 67.9 Å². The van der Waals surface area contributed by atoms with E-state index in [0.29, 0.717) is 5.71 Å². The van der Waals surface area contributed by atoms with Gasteiger partial charge in [-0.1, -0.05) is 13.8 Å². The average molecular weight is 156 g/mol. The fraction of sp³-hybridized carbons (Fsp3) is 0.750. The number of rotatable bonds is 0. The van der Waals surface area contributed by atoms with Crippen molar-refractivity contribution in [3.8, 4) is 0 Å². The number of nitrogens with zero attached hydrogens (tertiary/aromatic N) is 1. The van der Waals surface area contributed by atoms with Crippen LogP contribution in [0.2, 0.25) is 0 Å². The van der Waals surface area contributed by atoms with E-state index in [4.69, 9.17) is 0 Å². The van der Waals surface area contributed by atoms with Crippen molar-refractivity contribution < 1.29 is 4.79 Å². The summed E-state index contributed by atoms with van der Waals surface area (Å²) in [7, 11) is 0. The van der Waals surface area contributed by atoms with Crippen LogP contribution in [0.25, 0.3) is 0 Å². The van der Waals surface area contributed by atoms with Gasteiger partial charge in [-0.3, -0.25) is 9.79 Å². The summed E-state index contributed by atoms with van der Waals surface area (Å²) >= 11 is 0. The van der Waals surface area contributed by atoms with Crippen molar-refractivity contribution in [3.05, 3.63) is 0 Å². The van der Waals surface area contributed by atoms with Crippen molar-refractivity contribution in [2.24, 2.45) is 4.99 Å². The first-order chi connectivity index (χ1) is 5.20. The summed E-state index contributed by atoms with van der Waals surface area (Å²) in [4.78, 5) is 14.8. The van der Waals surface area contributed by atoms with Gasteiger partial charge in [0.1, 0.15) is 0 Å². The molecule has 0 radical (unpaired) electrons. The van der Waals surface area contributed by atoms with Gasteiger partial charge < -0.3 is 5.32 Å². The Morgan fingerprint density at radius 2 is 2.09 bits per heavy atom. The lowest BCUT2D eigenvalue weighted by Gasteiger charge is -2.16. The highest BCUT2D eigenvalue weighted by molar-refractivity contribution is 6.38. The van der Waals surface area contributed by atoms with Gasteiger partial charge in [-0.2, -0.15) is 0 Å². The molecule has 1 amide bonds. The molecule has 1 N–H and O–H groups in total. The van der Waals surface area contributed by atoms with Crippen molar-refractivity contribution in [2.45, 2.75) is 33.7 Å². The third kappa shape index (κ3) is 3.16. The number of aliphatic imine (C=N–C) groups is 1. The van der Waals surface area contributed by atoms with Gasteiger partial charge in [0.25, 0.3) is 5.91 Å². The third-order valence-corrected chi connectivity index (χ3v) is 1.31. The second-order valence-electron chi connectivity index (χ2n) is 2.30. The molecule has 11 heavy (non-hydrogen) atoms. The first kappa shape index (κ1) is 10.1. The second kappa shape index (κ2) is 4.88. The van der Waals surface area contributed by atoms with Crippen molar-refractivity contribution >= 4 is 11.6 Å². The molecular formula is C8H16N2O. The molecule has 0 spiro atoms. The summed E-state index contributed by atoms with van der Waals surface area (Å²) in [6.45, 7) is 8.38. The summed E-state index contributed by atoms with van der Waals surface area (Å²) in [6, 6.07) is 0.209. The zero-order chi connectivity index (χ0) is 8.85. The molecule has 1 aliphatic heterocycles. The smallest absolute Gasteiger partial charge is 0.265 e. The molecule has 3 heteroatoms. The minimum atomic E-state index is -0.0336. The van der Waals surface area contributed by atoms with Gasteiger partial charge in [-0.05, 0) is 13.8 Å². The Balaban J connectivity index is 0.000000461. The molecule has 0 saturated heterocycles. The number of carbonyl (C=O) groups excluding carboxylic acids is 1. The number of hydrogen-bond acceptors (Lipinski definition) is 2. The van der Waals surface area contributed by atoms with E-state index < -0.39 is 0 Å². The van der Waals surface area contributed by atoms with Crippen LogP contribution in [0.15, 0.2) is 4.99 Å². The Hall–Kier alpha value is -0.860. The molecule has 1 heterocycles. The molecule has 0 saturated carbocycles. The molecular weight excluding hydrogens is 140 g/mol. The maximum Gasteiger partial charge on any atom is 0.265 e. The molecule has 1 aliphatic rings. The average Bonchev–Trinajstić information content (AvgIpc) is 2.02. The minimum absolute atomic E-state index is 0.0336. The van der Waals surface area contributed by atoms with Crippen LogP contribution in [0.5, 0.6) is 0 Å². The molecule has 0 aliphatic carbocycles. The van der Waals surface area contributed by atoms with Crippen LogP contribution in [0.1, 0.15) is 27.7 Å². The van der Waals surface area contributed by atoms with Gasteiger partial charge in [0.2, 0.25) is 0 Å². The predicted molar refractivity (Wildman–Crippen MR) is 46.9 cm³/mol. The minimum Gasteiger partial charge on any atom is -0.347 e. The Morgan fingerprint density at radius 3 is 2.45 bits per heavy atom. The number of hydrogen-bond donors (Lipinski definition) is 1. The van der Waals surface area contributed by atoms with Gasteiger partial charge in [0.15, 0.2) is 0 Å². The van der Waals surface area contributed by atoms with Crippen LogP contribution >= 0.6 is 0 Å². The second-order valence-corrected chi connectivity index (χ2v) is 2.30. The lowest BCUT2D eigenvalue weighted by atomic mass is 10.2. The molecule has 1 rings (SSSR count). The van der Waals surface area contributed by atoms with E-state index >= 15 is 0 Å². The fourth-order valence-electron chi connectivity index (χ4n) is 0.720. The summed E-state index contributed by atoms with van der Waals surface area (Å²) in [5.74, 6) is -0.0336. The summed E-state index contributed by atoms with van der Waals surface area (Å²) < 4.78 is 0. The largest absolute Gasteiger partial charge is 0.347 e. The van der Waals surface area contributed by atoms with E-state index in [9.17, 15) is 4.79 Å². The van der Waals surface area contributed by atoms with Crippen LogP contribution < -0.4 is 5.32 Å². The van der Waals surface area contributed by atoms with Crippen LogP contribution in [-0.4, -0.2) is 24.2 Å². The molecule has 64 valence electrons. The number of carbonyl (C=O) groups is 1. The monoisotopic (exact) mass is 156 g/mol. The van der Waals surface area contributed by atoms with Gasteiger partial charge in [0, 0.05) is 6.04 Å². The predicted octanol–water partition coefficient (Wildman–Crippen LogP) is 0.992. The van der Waals surface area contributed by atoms with Crippen LogP contribution in [-0.2, 0) is 4.79 Å². The molecule has 0 fully saturated rings. The van der Waals surface area contributed by atoms with Crippen LogP contribution in [0.4, 0.5) is 0 Å². The Bertz CT molecular complexity index is 163. The molecule has 3 nitrogen and oxygen atoms in total. The van der Waals surface area contributed by atoms with E-state index in [1.807, 2.05) is 20.8 Å². The summed E-state index contributed by atoms with van der Waals surface area (Å²) in [5.41, 5.74) is 0.591. The zero-order valence-electron chi connectivity index (χ0n) is 7.64. The molecule has 1 unspecified atom stereocenters. The zero-order valence-corrected chi connectivity index (χ0v) is 7.64. The van der Waals surface area contributed by atoms with Gasteiger partial charge in [-0.15, -0.1) is 0 Å². The SMILES string of the molecule is CC.CC1=NCC(C)NC1=O. The number of nitrogens with one attached hydrogen (secondary N) is 1. The highest BCUT2D eigenvalue weighted by atomic mass is 16.2. The lowest BCUT2D eigenvalue weighted by Crippen LogP contribution is -2.42. The van der Waals surface area contributed by atoms with Crippen LogP contribution in [0.3, 0.4) is 0 Å². The highest BCUT2D eigenvalue weighted by Gasteiger charge is 2.14. The maximum atomic E-state index is 10.8. The highest BCUT2D eigenvalue weighted by Crippen LogP contribution is 1.92. The van der Waals surface area contributed by atoms with Gasteiger partial charge in [-0.25, -0.2) is 0 Å². The van der Waals surface area contributed by atoms with Gasteiger partial charge in [0.05, 0.1) is 12.3 Å². The first-order valence-corrected chi connectivity index (χ1v) is 4.02. The molecule has 0 aromatic heterocycles. The van der Waals surface area contributed by atoms with E-state index in [1.54, 1.807) is 6.92 Å². The fourth-order valence-corrected chi connectivity index (χ4v) is 0.720. The van der Waals surface area contributed by atoms with Gasteiger partial charge >= 0.3 is 0 Å². The third-order valence-electron chi connectivity index (χ3n) is 1.31. The Kier molecular flexibility index (Phi) is 4.50. The summed E-state index contributed by atoms with van der Waals surface area (Å²) in [6.07, 6.45) is 0. The molecule has 0 aromatic carbocycles.